The number of nitrogens with one attached hydrogen (secondary N) is 1. The first-order valence-corrected chi connectivity index (χ1v) is 10.7. The molecule has 1 nitrogen and oxygen atoms in total. The van der Waals surface area contributed by atoms with Crippen molar-refractivity contribution in [2.24, 2.45) is 0 Å². The molecule has 1 fully saturated rings. The molecule has 1 saturated heterocycles. The van der Waals surface area contributed by atoms with Crippen LogP contribution < -0.4 is 5.32 Å². The molecule has 2 aromatic carbocycles. The summed E-state index contributed by atoms with van der Waals surface area (Å²) in [6, 6.07) is 16.0. The van der Waals surface area contributed by atoms with Crippen molar-refractivity contribution in [1.82, 2.24) is 5.32 Å². The molecular weight excluding hydrogens is 338 g/mol. The Bertz CT molecular complexity index is 842. The van der Waals surface area contributed by atoms with Crippen LogP contribution in [-0.4, -0.2) is 0 Å². The summed E-state index contributed by atoms with van der Waals surface area (Å²) >= 11 is 0. The molecule has 1 aliphatic heterocycles. The van der Waals surface area contributed by atoms with Crippen LogP contribution in [0.4, 0.5) is 0 Å². The summed E-state index contributed by atoms with van der Waals surface area (Å²) in [6.45, 7) is 15.1. The molecule has 1 heterocycles. The highest BCUT2D eigenvalue weighted by molar-refractivity contribution is 5.69. The Kier molecular flexibility index (Phi) is 6.44. The van der Waals surface area contributed by atoms with Crippen LogP contribution in [0.15, 0.2) is 66.9 Å². The minimum Gasteiger partial charge on any atom is -0.379 e. The summed E-state index contributed by atoms with van der Waals surface area (Å²) in [4.78, 5) is 0. The monoisotopic (exact) mass is 373 g/mol. The van der Waals surface area contributed by atoms with Gasteiger partial charge in [0.1, 0.15) is 0 Å². The predicted molar refractivity (Wildman–Crippen MR) is 122 cm³/mol. The lowest BCUT2D eigenvalue weighted by Crippen LogP contribution is -2.42. The van der Waals surface area contributed by atoms with Gasteiger partial charge in [-0.1, -0.05) is 86.9 Å². The first-order valence-electron chi connectivity index (χ1n) is 10.7. The third kappa shape index (κ3) is 4.76. The minimum atomic E-state index is -0.131. The zero-order chi connectivity index (χ0) is 20.1. The van der Waals surface area contributed by atoms with Crippen LogP contribution in [0.1, 0.15) is 69.1 Å². The molecule has 0 radical (unpaired) electrons. The zero-order valence-electron chi connectivity index (χ0n) is 17.9. The average Bonchev–Trinajstić information content (AvgIpc) is 2.65. The van der Waals surface area contributed by atoms with Crippen LogP contribution in [0.25, 0.3) is 11.1 Å². The lowest BCUT2D eigenvalue weighted by molar-refractivity contribution is 0.369. The minimum absolute atomic E-state index is 0.131. The first kappa shape index (κ1) is 20.5. The van der Waals surface area contributed by atoms with Gasteiger partial charge in [0.2, 0.25) is 0 Å². The number of hydrogen-bond acceptors (Lipinski definition) is 1. The fraction of sp³-hybridized carbons (Fsp3) is 0.407. The molecule has 0 saturated carbocycles. The zero-order valence-corrected chi connectivity index (χ0v) is 17.9. The van der Waals surface area contributed by atoms with Gasteiger partial charge in [0, 0.05) is 12.1 Å². The van der Waals surface area contributed by atoms with Crippen molar-refractivity contribution in [2.75, 3.05) is 0 Å². The topological polar surface area (TPSA) is 12.0 Å². The summed E-state index contributed by atoms with van der Waals surface area (Å²) in [7, 11) is 0. The molecule has 1 aliphatic rings. The molecule has 0 aromatic heterocycles. The van der Waals surface area contributed by atoms with E-state index in [0.29, 0.717) is 0 Å². The molecule has 0 spiro atoms. The Hall–Kier alpha value is -2.28. The van der Waals surface area contributed by atoms with Crippen molar-refractivity contribution in [3.05, 3.63) is 83.6 Å². The SMILES string of the molecule is C=C1CC(=C)N[C@](C)(c2cccc(-c3cc(C)ccc3CCCCCC)c2)C1. The Morgan fingerprint density at radius 2 is 1.86 bits per heavy atom. The Balaban J connectivity index is 1.92. The molecule has 2 aromatic rings. The molecule has 1 heteroatoms. The fourth-order valence-electron chi connectivity index (χ4n) is 4.47. The third-order valence-corrected chi connectivity index (χ3v) is 5.90. The lowest BCUT2D eigenvalue weighted by atomic mass is 9.80. The van der Waals surface area contributed by atoms with Crippen LogP contribution in [0, 0.1) is 6.92 Å². The fourth-order valence-corrected chi connectivity index (χ4v) is 4.47. The molecule has 0 unspecified atom stereocenters. The molecule has 28 heavy (non-hydrogen) atoms. The highest BCUT2D eigenvalue weighted by atomic mass is 15.0. The second kappa shape index (κ2) is 8.82. The molecule has 3 rings (SSSR count). The maximum absolute atomic E-state index is 4.24. The van der Waals surface area contributed by atoms with E-state index in [-0.39, 0.29) is 5.54 Å². The van der Waals surface area contributed by atoms with Crippen molar-refractivity contribution in [2.45, 2.75) is 71.3 Å². The van der Waals surface area contributed by atoms with Gasteiger partial charge in [-0.2, -0.15) is 0 Å². The number of piperidine rings is 1. The molecular formula is C27H35N. The van der Waals surface area contributed by atoms with Gasteiger partial charge >= 0.3 is 0 Å². The second-order valence-electron chi connectivity index (χ2n) is 8.72. The van der Waals surface area contributed by atoms with Gasteiger partial charge < -0.3 is 5.32 Å². The number of allylic oxidation sites excluding steroid dienone is 1. The molecule has 148 valence electrons. The molecule has 1 N–H and O–H groups in total. The summed E-state index contributed by atoms with van der Waals surface area (Å²) in [6.07, 6.45) is 8.18. The van der Waals surface area contributed by atoms with Gasteiger partial charge in [-0.15, -0.1) is 0 Å². The predicted octanol–water partition coefficient (Wildman–Crippen LogP) is 7.45. The normalized spacial score (nSPS) is 19.5. The van der Waals surface area contributed by atoms with E-state index in [9.17, 15) is 0 Å². The number of aryl methyl sites for hydroxylation is 2. The van der Waals surface area contributed by atoms with Crippen LogP contribution in [0.5, 0.6) is 0 Å². The van der Waals surface area contributed by atoms with Crippen LogP contribution >= 0.6 is 0 Å². The number of hydrogen-bond donors (Lipinski definition) is 1. The summed E-state index contributed by atoms with van der Waals surface area (Å²) in [5, 5.41) is 3.64. The first-order chi connectivity index (χ1) is 13.4. The van der Waals surface area contributed by atoms with Crippen LogP contribution in [0.2, 0.25) is 0 Å². The molecule has 0 amide bonds. The van der Waals surface area contributed by atoms with E-state index in [0.717, 1.165) is 25.0 Å². The van der Waals surface area contributed by atoms with Gasteiger partial charge in [-0.25, -0.2) is 0 Å². The van der Waals surface area contributed by atoms with Gasteiger partial charge in [0.05, 0.1) is 5.54 Å². The van der Waals surface area contributed by atoms with Crippen molar-refractivity contribution >= 4 is 0 Å². The summed E-state index contributed by atoms with van der Waals surface area (Å²) < 4.78 is 0. The molecule has 1 atom stereocenters. The van der Waals surface area contributed by atoms with E-state index in [1.165, 1.54) is 59.1 Å². The lowest BCUT2D eigenvalue weighted by Gasteiger charge is -2.39. The maximum atomic E-state index is 4.24. The van der Waals surface area contributed by atoms with Gasteiger partial charge in [-0.3, -0.25) is 0 Å². The van der Waals surface area contributed by atoms with Gasteiger partial charge in [0.25, 0.3) is 0 Å². The number of unbranched alkanes of at least 4 members (excludes halogenated alkanes) is 3. The van der Waals surface area contributed by atoms with Gasteiger partial charge in [0.15, 0.2) is 0 Å². The van der Waals surface area contributed by atoms with Crippen LogP contribution in [0.3, 0.4) is 0 Å². The van der Waals surface area contributed by atoms with E-state index in [1.807, 2.05) is 0 Å². The number of benzene rings is 2. The maximum Gasteiger partial charge on any atom is 0.0631 e. The molecule has 0 bridgehead atoms. The van der Waals surface area contributed by atoms with Crippen molar-refractivity contribution in [3.8, 4) is 11.1 Å². The Labute approximate surface area is 171 Å². The van der Waals surface area contributed by atoms with E-state index in [2.05, 4.69) is 81.7 Å². The molecule has 0 aliphatic carbocycles. The Morgan fingerprint density at radius 1 is 1.04 bits per heavy atom. The highest BCUT2D eigenvalue weighted by Gasteiger charge is 2.31. The number of rotatable bonds is 7. The van der Waals surface area contributed by atoms with Crippen molar-refractivity contribution < 1.29 is 0 Å². The summed E-state index contributed by atoms with van der Waals surface area (Å²) in [5.74, 6) is 0. The largest absolute Gasteiger partial charge is 0.379 e. The quantitative estimate of drug-likeness (QED) is 0.392. The van der Waals surface area contributed by atoms with E-state index in [1.54, 1.807) is 0 Å². The van der Waals surface area contributed by atoms with Crippen molar-refractivity contribution in [3.63, 3.8) is 0 Å². The highest BCUT2D eigenvalue weighted by Crippen LogP contribution is 2.37. The third-order valence-electron chi connectivity index (χ3n) is 5.90. The smallest absolute Gasteiger partial charge is 0.0631 e. The van der Waals surface area contributed by atoms with E-state index < -0.39 is 0 Å². The van der Waals surface area contributed by atoms with E-state index in [4.69, 9.17) is 0 Å². The second-order valence-corrected chi connectivity index (χ2v) is 8.72. The van der Waals surface area contributed by atoms with Gasteiger partial charge in [-0.05, 0) is 61.4 Å². The Morgan fingerprint density at radius 3 is 2.61 bits per heavy atom. The van der Waals surface area contributed by atoms with Crippen molar-refractivity contribution in [1.29, 1.82) is 0 Å². The standard InChI is InChI=1S/C27H35N/c1-6-7-8-9-11-23-15-14-20(2)17-26(23)24-12-10-13-25(18-24)27(5)19-21(3)16-22(4)28-27/h10,12-15,17-18,28H,3-4,6-9,11,16,19H2,1-2,5H3/t27-/m0/s1. The summed E-state index contributed by atoms with van der Waals surface area (Å²) in [5.41, 5.74) is 8.99. The average molecular weight is 374 g/mol. The van der Waals surface area contributed by atoms with E-state index >= 15 is 0 Å². The van der Waals surface area contributed by atoms with Crippen LogP contribution in [-0.2, 0) is 12.0 Å².